The molecule has 1 aliphatic carbocycles. The number of nitrogens with zero attached hydrogens (tertiary/aromatic N) is 1. The molecule has 0 spiro atoms. The molecule has 1 saturated carbocycles. The van der Waals surface area contributed by atoms with E-state index in [1.165, 1.54) is 31.2 Å². The van der Waals surface area contributed by atoms with Crippen molar-refractivity contribution in [3.05, 3.63) is 29.6 Å². The van der Waals surface area contributed by atoms with Crippen LogP contribution in [0.1, 0.15) is 53.0 Å². The number of hydrogen-bond donors (Lipinski definition) is 2. The predicted octanol–water partition coefficient (Wildman–Crippen LogP) is 1.86. The summed E-state index contributed by atoms with van der Waals surface area (Å²) in [5.74, 6) is -1.36. The molecule has 1 heterocycles. The Bertz CT molecular complexity index is 481. The SMILES string of the molecule is O=C(NCCCOC1CCCC1)c1ccc(C(=O)O)nc1. The number of carbonyl (C=O) groups excluding carboxylic acids is 1. The largest absolute Gasteiger partial charge is 0.477 e. The molecule has 0 radical (unpaired) electrons. The van der Waals surface area contributed by atoms with E-state index >= 15 is 0 Å². The zero-order valence-electron chi connectivity index (χ0n) is 11.9. The van der Waals surface area contributed by atoms with Crippen LogP contribution in [0.3, 0.4) is 0 Å². The molecule has 1 aromatic rings. The molecule has 6 heteroatoms. The van der Waals surface area contributed by atoms with Crippen LogP contribution in [0, 0.1) is 0 Å². The fourth-order valence-electron chi connectivity index (χ4n) is 2.34. The third-order valence-electron chi connectivity index (χ3n) is 3.51. The number of carboxylic acid groups (broad SMARTS) is 1. The highest BCUT2D eigenvalue weighted by molar-refractivity contribution is 5.94. The molecule has 0 atom stereocenters. The number of ether oxygens (including phenoxy) is 1. The minimum absolute atomic E-state index is 0.0727. The van der Waals surface area contributed by atoms with Crippen LogP contribution in [0.15, 0.2) is 18.3 Å². The first-order valence-electron chi connectivity index (χ1n) is 7.26. The van der Waals surface area contributed by atoms with Gasteiger partial charge in [-0.3, -0.25) is 4.79 Å². The number of aromatic carboxylic acids is 1. The molecule has 1 aliphatic rings. The molecule has 0 aromatic carbocycles. The Morgan fingerprint density at radius 2 is 2.10 bits per heavy atom. The van der Waals surface area contributed by atoms with E-state index in [1.807, 2.05) is 0 Å². The van der Waals surface area contributed by atoms with Crippen LogP contribution < -0.4 is 5.32 Å². The summed E-state index contributed by atoms with van der Waals surface area (Å²) in [6.07, 6.45) is 7.23. The van der Waals surface area contributed by atoms with Crippen molar-refractivity contribution in [3.8, 4) is 0 Å². The van der Waals surface area contributed by atoms with Crippen LogP contribution in [0.4, 0.5) is 0 Å². The van der Waals surface area contributed by atoms with Gasteiger partial charge in [0.05, 0.1) is 11.7 Å². The zero-order valence-corrected chi connectivity index (χ0v) is 11.9. The molecular formula is C15H20N2O4. The number of carboxylic acids is 1. The monoisotopic (exact) mass is 292 g/mol. The van der Waals surface area contributed by atoms with Crippen LogP contribution in [0.5, 0.6) is 0 Å². The first-order chi connectivity index (χ1) is 10.2. The van der Waals surface area contributed by atoms with E-state index in [-0.39, 0.29) is 11.6 Å². The third kappa shape index (κ3) is 4.82. The average Bonchev–Trinajstić information content (AvgIpc) is 3.00. The van der Waals surface area contributed by atoms with Gasteiger partial charge < -0.3 is 15.2 Å². The van der Waals surface area contributed by atoms with Crippen LogP contribution in [-0.4, -0.2) is 41.2 Å². The predicted molar refractivity (Wildman–Crippen MR) is 76.4 cm³/mol. The van der Waals surface area contributed by atoms with Crippen molar-refractivity contribution in [2.75, 3.05) is 13.2 Å². The Kier molecular flexibility index (Phi) is 5.68. The quantitative estimate of drug-likeness (QED) is 0.749. The summed E-state index contributed by atoms with van der Waals surface area (Å²) in [6.45, 7) is 1.19. The van der Waals surface area contributed by atoms with Gasteiger partial charge in [-0.25, -0.2) is 9.78 Å². The molecule has 1 aromatic heterocycles. The Morgan fingerprint density at radius 1 is 1.33 bits per heavy atom. The Balaban J connectivity index is 1.65. The molecule has 0 saturated heterocycles. The van der Waals surface area contributed by atoms with Crippen molar-refractivity contribution in [2.24, 2.45) is 0 Å². The van der Waals surface area contributed by atoms with Crippen molar-refractivity contribution >= 4 is 11.9 Å². The maximum absolute atomic E-state index is 11.8. The van der Waals surface area contributed by atoms with Gasteiger partial charge in [-0.1, -0.05) is 12.8 Å². The molecule has 2 rings (SSSR count). The lowest BCUT2D eigenvalue weighted by molar-refractivity contribution is 0.0565. The van der Waals surface area contributed by atoms with Crippen molar-refractivity contribution in [1.82, 2.24) is 10.3 Å². The second kappa shape index (κ2) is 7.73. The Labute approximate surface area is 123 Å². The molecule has 0 unspecified atom stereocenters. The van der Waals surface area contributed by atoms with E-state index in [9.17, 15) is 9.59 Å². The van der Waals surface area contributed by atoms with Gasteiger partial charge in [0.25, 0.3) is 5.91 Å². The topological polar surface area (TPSA) is 88.5 Å². The van der Waals surface area contributed by atoms with Crippen molar-refractivity contribution in [2.45, 2.75) is 38.2 Å². The molecule has 0 bridgehead atoms. The normalized spacial score (nSPS) is 15.0. The highest BCUT2D eigenvalue weighted by Gasteiger charge is 2.14. The number of rotatable bonds is 7. The molecule has 1 fully saturated rings. The summed E-state index contributed by atoms with van der Waals surface area (Å²) in [5, 5.41) is 11.5. The lowest BCUT2D eigenvalue weighted by Gasteiger charge is -2.11. The summed E-state index contributed by atoms with van der Waals surface area (Å²) in [4.78, 5) is 26.2. The summed E-state index contributed by atoms with van der Waals surface area (Å²) < 4.78 is 5.70. The maximum atomic E-state index is 11.8. The first-order valence-corrected chi connectivity index (χ1v) is 7.26. The number of hydrogen-bond acceptors (Lipinski definition) is 4. The van der Waals surface area contributed by atoms with Crippen molar-refractivity contribution in [3.63, 3.8) is 0 Å². The summed E-state index contributed by atoms with van der Waals surface area (Å²) in [6, 6.07) is 2.78. The molecule has 0 aliphatic heterocycles. The summed E-state index contributed by atoms with van der Waals surface area (Å²) >= 11 is 0. The van der Waals surface area contributed by atoms with Gasteiger partial charge in [0.2, 0.25) is 0 Å². The van der Waals surface area contributed by atoms with E-state index in [0.29, 0.717) is 24.8 Å². The van der Waals surface area contributed by atoms with E-state index in [4.69, 9.17) is 9.84 Å². The molecule has 2 N–H and O–H groups in total. The van der Waals surface area contributed by atoms with E-state index in [2.05, 4.69) is 10.3 Å². The van der Waals surface area contributed by atoms with Gasteiger partial charge in [0, 0.05) is 19.3 Å². The van der Waals surface area contributed by atoms with Gasteiger partial charge in [-0.15, -0.1) is 0 Å². The fourth-order valence-corrected chi connectivity index (χ4v) is 2.34. The molecule has 114 valence electrons. The zero-order chi connectivity index (χ0) is 15.1. The third-order valence-corrected chi connectivity index (χ3v) is 3.51. The standard InChI is InChI=1S/C15H20N2O4/c18-14(11-6-7-13(15(19)20)17-10-11)16-8-3-9-21-12-4-1-2-5-12/h6-7,10,12H,1-5,8-9H2,(H,16,18)(H,19,20). The molecule has 21 heavy (non-hydrogen) atoms. The minimum atomic E-state index is -1.11. The summed E-state index contributed by atoms with van der Waals surface area (Å²) in [5.41, 5.74) is 0.285. The smallest absolute Gasteiger partial charge is 0.354 e. The number of carbonyl (C=O) groups is 2. The van der Waals surface area contributed by atoms with Crippen molar-refractivity contribution in [1.29, 1.82) is 0 Å². The second-order valence-electron chi connectivity index (χ2n) is 5.12. The average molecular weight is 292 g/mol. The van der Waals surface area contributed by atoms with E-state index in [0.717, 1.165) is 19.3 Å². The summed E-state index contributed by atoms with van der Waals surface area (Å²) in [7, 11) is 0. The number of aromatic nitrogens is 1. The second-order valence-corrected chi connectivity index (χ2v) is 5.12. The fraction of sp³-hybridized carbons (Fsp3) is 0.533. The lowest BCUT2D eigenvalue weighted by Crippen LogP contribution is -2.26. The number of pyridine rings is 1. The highest BCUT2D eigenvalue weighted by Crippen LogP contribution is 2.20. The van der Waals surface area contributed by atoms with Crippen LogP contribution in [-0.2, 0) is 4.74 Å². The lowest BCUT2D eigenvalue weighted by atomic mass is 10.2. The van der Waals surface area contributed by atoms with Crippen LogP contribution in [0.2, 0.25) is 0 Å². The van der Waals surface area contributed by atoms with Crippen LogP contribution in [0.25, 0.3) is 0 Å². The van der Waals surface area contributed by atoms with Gasteiger partial charge in [-0.2, -0.15) is 0 Å². The van der Waals surface area contributed by atoms with E-state index in [1.54, 1.807) is 0 Å². The van der Waals surface area contributed by atoms with Crippen LogP contribution >= 0.6 is 0 Å². The molecular weight excluding hydrogens is 272 g/mol. The Hall–Kier alpha value is -1.95. The van der Waals surface area contributed by atoms with Crippen molar-refractivity contribution < 1.29 is 19.4 Å². The minimum Gasteiger partial charge on any atom is -0.477 e. The van der Waals surface area contributed by atoms with Gasteiger partial charge >= 0.3 is 5.97 Å². The van der Waals surface area contributed by atoms with Gasteiger partial charge in [-0.05, 0) is 31.4 Å². The first kappa shape index (κ1) is 15.4. The number of nitrogens with one attached hydrogen (secondary N) is 1. The Morgan fingerprint density at radius 3 is 2.71 bits per heavy atom. The van der Waals surface area contributed by atoms with E-state index < -0.39 is 5.97 Å². The van der Waals surface area contributed by atoms with Gasteiger partial charge in [0.15, 0.2) is 0 Å². The number of amides is 1. The maximum Gasteiger partial charge on any atom is 0.354 e. The molecule has 1 amide bonds. The molecule has 6 nitrogen and oxygen atoms in total. The van der Waals surface area contributed by atoms with Gasteiger partial charge in [0.1, 0.15) is 5.69 Å². The highest BCUT2D eigenvalue weighted by atomic mass is 16.5.